The summed E-state index contributed by atoms with van der Waals surface area (Å²) in [6, 6.07) is 12.5. The zero-order chi connectivity index (χ0) is 15.2. The third-order valence-corrected chi connectivity index (χ3v) is 4.01. The lowest BCUT2D eigenvalue weighted by Gasteiger charge is -2.14. The van der Waals surface area contributed by atoms with Crippen molar-refractivity contribution >= 4 is 15.9 Å². The van der Waals surface area contributed by atoms with Crippen molar-refractivity contribution in [3.8, 4) is 5.75 Å². The number of ether oxygens (including phenoxy) is 1. The van der Waals surface area contributed by atoms with Crippen LogP contribution in [0.15, 0.2) is 46.9 Å². The van der Waals surface area contributed by atoms with Gasteiger partial charge in [0.05, 0.1) is 6.61 Å². The van der Waals surface area contributed by atoms with Gasteiger partial charge in [-0.25, -0.2) is 4.39 Å². The highest BCUT2D eigenvalue weighted by molar-refractivity contribution is 9.10. The minimum Gasteiger partial charge on any atom is -0.494 e. The predicted molar refractivity (Wildman–Crippen MR) is 87.1 cm³/mol. The van der Waals surface area contributed by atoms with Crippen molar-refractivity contribution in [1.29, 1.82) is 0 Å². The van der Waals surface area contributed by atoms with E-state index in [1.807, 2.05) is 31.2 Å². The van der Waals surface area contributed by atoms with Crippen LogP contribution in [-0.4, -0.2) is 12.6 Å². The minimum atomic E-state index is -0.239. The lowest BCUT2D eigenvalue weighted by atomic mass is 10.0. The summed E-state index contributed by atoms with van der Waals surface area (Å²) in [6.45, 7) is 2.58. The molecule has 0 radical (unpaired) electrons. The molecule has 0 saturated heterocycles. The number of benzene rings is 2. The van der Waals surface area contributed by atoms with Crippen molar-refractivity contribution in [2.24, 2.45) is 5.73 Å². The molecule has 2 aromatic rings. The van der Waals surface area contributed by atoms with E-state index < -0.39 is 0 Å². The highest BCUT2D eigenvalue weighted by Gasteiger charge is 2.08. The van der Waals surface area contributed by atoms with Gasteiger partial charge < -0.3 is 10.5 Å². The van der Waals surface area contributed by atoms with E-state index in [1.165, 1.54) is 17.7 Å². The summed E-state index contributed by atoms with van der Waals surface area (Å²) in [5.74, 6) is 0.616. The molecular weight excluding hydrogens is 333 g/mol. The summed E-state index contributed by atoms with van der Waals surface area (Å²) in [6.07, 6.45) is 1.34. The second-order valence-corrected chi connectivity index (χ2v) is 6.01. The minimum absolute atomic E-state index is 0.0621. The molecule has 0 aliphatic carbocycles. The summed E-state index contributed by atoms with van der Waals surface area (Å²) in [5, 5.41) is 0. The topological polar surface area (TPSA) is 35.2 Å². The standard InChI is InChI=1S/C17H19BrFNO/c1-12-3-2-4-16(9-12)21-8-7-15(20)11-13-10-14(19)5-6-17(13)18/h2-6,9-10,15H,7-8,11,20H2,1H3. The molecule has 0 amide bonds. The first-order chi connectivity index (χ1) is 10.0. The van der Waals surface area contributed by atoms with Crippen molar-refractivity contribution in [1.82, 2.24) is 0 Å². The lowest BCUT2D eigenvalue weighted by molar-refractivity contribution is 0.297. The second kappa shape index (κ2) is 7.57. The van der Waals surface area contributed by atoms with Gasteiger partial charge >= 0.3 is 0 Å². The van der Waals surface area contributed by atoms with Crippen LogP contribution in [0.5, 0.6) is 5.75 Å². The molecule has 112 valence electrons. The van der Waals surface area contributed by atoms with Crippen molar-refractivity contribution in [3.05, 3.63) is 63.9 Å². The van der Waals surface area contributed by atoms with Gasteiger partial charge in [0.2, 0.25) is 0 Å². The summed E-state index contributed by atoms with van der Waals surface area (Å²) < 4.78 is 19.8. The van der Waals surface area contributed by atoms with E-state index in [0.717, 1.165) is 22.2 Å². The molecule has 2 aromatic carbocycles. The average molecular weight is 352 g/mol. The van der Waals surface area contributed by atoms with Crippen LogP contribution in [-0.2, 0) is 6.42 Å². The Morgan fingerprint density at radius 2 is 2.05 bits per heavy atom. The zero-order valence-corrected chi connectivity index (χ0v) is 13.6. The molecule has 0 bridgehead atoms. The number of nitrogens with two attached hydrogens (primary N) is 1. The quantitative estimate of drug-likeness (QED) is 0.844. The molecule has 1 atom stereocenters. The smallest absolute Gasteiger partial charge is 0.123 e. The summed E-state index contributed by atoms with van der Waals surface area (Å²) in [4.78, 5) is 0. The fraction of sp³-hybridized carbons (Fsp3) is 0.294. The molecule has 0 heterocycles. The molecular formula is C17H19BrFNO. The summed E-state index contributed by atoms with van der Waals surface area (Å²) >= 11 is 3.42. The van der Waals surface area contributed by atoms with E-state index in [-0.39, 0.29) is 11.9 Å². The van der Waals surface area contributed by atoms with E-state index >= 15 is 0 Å². The molecule has 2 rings (SSSR count). The van der Waals surface area contributed by atoms with Gasteiger partial charge in [-0.05, 0) is 61.2 Å². The Morgan fingerprint density at radius 1 is 1.24 bits per heavy atom. The van der Waals surface area contributed by atoms with Gasteiger partial charge in [0.1, 0.15) is 11.6 Å². The first-order valence-corrected chi connectivity index (χ1v) is 7.73. The first kappa shape index (κ1) is 16.0. The van der Waals surface area contributed by atoms with E-state index in [4.69, 9.17) is 10.5 Å². The SMILES string of the molecule is Cc1cccc(OCCC(N)Cc2cc(F)ccc2Br)c1. The Balaban J connectivity index is 1.82. The van der Waals surface area contributed by atoms with Crippen LogP contribution in [0.4, 0.5) is 4.39 Å². The molecule has 4 heteroatoms. The van der Waals surface area contributed by atoms with Crippen molar-refractivity contribution in [2.75, 3.05) is 6.61 Å². The lowest BCUT2D eigenvalue weighted by Crippen LogP contribution is -2.25. The van der Waals surface area contributed by atoms with Crippen LogP contribution in [0.2, 0.25) is 0 Å². The fourth-order valence-corrected chi connectivity index (χ4v) is 2.53. The maximum Gasteiger partial charge on any atom is 0.123 e. The van der Waals surface area contributed by atoms with E-state index in [0.29, 0.717) is 13.0 Å². The highest BCUT2D eigenvalue weighted by Crippen LogP contribution is 2.20. The third kappa shape index (κ3) is 5.14. The van der Waals surface area contributed by atoms with Crippen molar-refractivity contribution in [3.63, 3.8) is 0 Å². The van der Waals surface area contributed by atoms with Crippen LogP contribution in [0.3, 0.4) is 0 Å². The Bertz CT molecular complexity index is 603. The Morgan fingerprint density at radius 3 is 2.81 bits per heavy atom. The van der Waals surface area contributed by atoms with Crippen LogP contribution >= 0.6 is 15.9 Å². The number of aryl methyl sites for hydroxylation is 1. The number of halogens is 2. The average Bonchev–Trinajstić information content (AvgIpc) is 2.43. The van der Waals surface area contributed by atoms with E-state index in [2.05, 4.69) is 15.9 Å². The molecule has 0 saturated carbocycles. The molecule has 0 aromatic heterocycles. The molecule has 0 fully saturated rings. The van der Waals surface area contributed by atoms with E-state index in [1.54, 1.807) is 6.07 Å². The maximum atomic E-state index is 13.2. The van der Waals surface area contributed by atoms with Gasteiger partial charge in [-0.2, -0.15) is 0 Å². The summed E-state index contributed by atoms with van der Waals surface area (Å²) in [7, 11) is 0. The zero-order valence-electron chi connectivity index (χ0n) is 12.0. The van der Waals surface area contributed by atoms with Crippen LogP contribution in [0, 0.1) is 12.7 Å². The molecule has 0 aliphatic rings. The second-order valence-electron chi connectivity index (χ2n) is 5.15. The van der Waals surface area contributed by atoms with Gasteiger partial charge in [0.15, 0.2) is 0 Å². The van der Waals surface area contributed by atoms with Crippen molar-refractivity contribution in [2.45, 2.75) is 25.8 Å². The molecule has 21 heavy (non-hydrogen) atoms. The van der Waals surface area contributed by atoms with Gasteiger partial charge in [-0.15, -0.1) is 0 Å². The highest BCUT2D eigenvalue weighted by atomic mass is 79.9. The first-order valence-electron chi connectivity index (χ1n) is 6.93. The van der Waals surface area contributed by atoms with Gasteiger partial charge in [0.25, 0.3) is 0 Å². The maximum absolute atomic E-state index is 13.2. The largest absolute Gasteiger partial charge is 0.494 e. The molecule has 2 nitrogen and oxygen atoms in total. The number of rotatable bonds is 6. The van der Waals surface area contributed by atoms with Crippen molar-refractivity contribution < 1.29 is 9.13 Å². The Hall–Kier alpha value is -1.39. The summed E-state index contributed by atoms with van der Waals surface area (Å²) in [5.41, 5.74) is 8.15. The molecule has 2 N–H and O–H groups in total. The third-order valence-electron chi connectivity index (χ3n) is 3.24. The number of hydrogen-bond donors (Lipinski definition) is 1. The van der Waals surface area contributed by atoms with Gasteiger partial charge in [0, 0.05) is 10.5 Å². The predicted octanol–water partition coefficient (Wildman–Crippen LogP) is 4.24. The Kier molecular flexibility index (Phi) is 5.76. The van der Waals surface area contributed by atoms with Crippen LogP contribution in [0.1, 0.15) is 17.5 Å². The molecule has 1 unspecified atom stereocenters. The fourth-order valence-electron chi connectivity index (χ4n) is 2.12. The normalized spacial score (nSPS) is 12.2. The Labute approximate surface area is 133 Å². The van der Waals surface area contributed by atoms with Crippen LogP contribution < -0.4 is 10.5 Å². The van der Waals surface area contributed by atoms with Gasteiger partial charge in [-0.1, -0.05) is 28.1 Å². The van der Waals surface area contributed by atoms with Crippen LogP contribution in [0.25, 0.3) is 0 Å². The molecule has 0 aliphatic heterocycles. The van der Waals surface area contributed by atoms with Gasteiger partial charge in [-0.3, -0.25) is 0 Å². The number of hydrogen-bond acceptors (Lipinski definition) is 2. The monoisotopic (exact) mass is 351 g/mol. The van der Waals surface area contributed by atoms with E-state index in [9.17, 15) is 4.39 Å². The molecule has 0 spiro atoms.